The third-order valence-corrected chi connectivity index (χ3v) is 3.59. The van der Waals surface area contributed by atoms with Crippen molar-refractivity contribution in [3.05, 3.63) is 0 Å². The first-order valence-electron chi connectivity index (χ1n) is 3.94. The van der Waals surface area contributed by atoms with E-state index in [1.165, 1.54) is 0 Å². The molecule has 0 radical (unpaired) electrons. The van der Waals surface area contributed by atoms with E-state index in [1.54, 1.807) is 0 Å². The second kappa shape index (κ2) is 3.68. The molecule has 1 aliphatic heterocycles. The minimum atomic E-state index is -0.936. The maximum absolute atomic E-state index is 6.08. The zero-order valence-corrected chi connectivity index (χ0v) is 8.37. The number of halogens is 2. The summed E-state index contributed by atoms with van der Waals surface area (Å²) in [5.74, 6) is 0. The van der Waals surface area contributed by atoms with Gasteiger partial charge in [0.1, 0.15) is 4.33 Å². The molecule has 1 rings (SSSR count). The lowest BCUT2D eigenvalue weighted by molar-refractivity contribution is 0.0134. The SMILES string of the molecule is NCC1(CN)CCOCC1(Cl)Cl. The molecular formula is C7H14Cl2N2O. The predicted octanol–water partition coefficient (Wildman–Crippen LogP) is 0.484. The molecule has 0 saturated carbocycles. The van der Waals surface area contributed by atoms with Crippen LogP contribution >= 0.6 is 23.2 Å². The van der Waals surface area contributed by atoms with Gasteiger partial charge < -0.3 is 16.2 Å². The summed E-state index contributed by atoms with van der Waals surface area (Å²) in [4.78, 5) is 0. The molecule has 1 fully saturated rings. The standard InChI is InChI=1S/C7H14Cl2N2O/c8-7(9)5-12-2-1-6(7,3-10)4-11/h1-5,10-11H2. The molecule has 0 aromatic heterocycles. The molecule has 1 aliphatic rings. The van der Waals surface area contributed by atoms with Crippen molar-refractivity contribution in [2.24, 2.45) is 16.9 Å². The molecule has 12 heavy (non-hydrogen) atoms. The second-order valence-electron chi connectivity index (χ2n) is 3.20. The second-order valence-corrected chi connectivity index (χ2v) is 4.68. The maximum Gasteiger partial charge on any atom is 0.149 e. The zero-order valence-electron chi connectivity index (χ0n) is 6.85. The molecule has 0 aromatic carbocycles. The van der Waals surface area contributed by atoms with E-state index in [-0.39, 0.29) is 5.41 Å². The topological polar surface area (TPSA) is 61.3 Å². The molecule has 72 valence electrons. The molecule has 0 atom stereocenters. The molecular weight excluding hydrogens is 199 g/mol. The number of rotatable bonds is 2. The highest BCUT2D eigenvalue weighted by molar-refractivity contribution is 6.49. The Morgan fingerprint density at radius 3 is 2.17 bits per heavy atom. The number of hydrogen-bond donors (Lipinski definition) is 2. The average Bonchev–Trinajstić information content (AvgIpc) is 2.05. The van der Waals surface area contributed by atoms with Gasteiger partial charge in [0.2, 0.25) is 0 Å². The predicted molar refractivity (Wildman–Crippen MR) is 50.4 cm³/mol. The molecule has 0 aromatic rings. The fourth-order valence-electron chi connectivity index (χ4n) is 1.39. The molecule has 1 heterocycles. The summed E-state index contributed by atoms with van der Waals surface area (Å²) in [6.07, 6.45) is 0.729. The van der Waals surface area contributed by atoms with Gasteiger partial charge >= 0.3 is 0 Å². The van der Waals surface area contributed by atoms with E-state index < -0.39 is 4.33 Å². The molecule has 1 saturated heterocycles. The van der Waals surface area contributed by atoms with Crippen molar-refractivity contribution < 1.29 is 4.74 Å². The summed E-state index contributed by atoms with van der Waals surface area (Å²) in [5.41, 5.74) is 10.9. The van der Waals surface area contributed by atoms with Crippen LogP contribution in [0.3, 0.4) is 0 Å². The van der Waals surface area contributed by atoms with Crippen molar-refractivity contribution in [1.29, 1.82) is 0 Å². The summed E-state index contributed by atoms with van der Waals surface area (Å²) in [5, 5.41) is 0. The van der Waals surface area contributed by atoms with Gasteiger partial charge in [0.25, 0.3) is 0 Å². The van der Waals surface area contributed by atoms with E-state index in [2.05, 4.69) is 0 Å². The van der Waals surface area contributed by atoms with Crippen LogP contribution in [0.2, 0.25) is 0 Å². The zero-order chi connectivity index (χ0) is 9.24. The lowest BCUT2D eigenvalue weighted by Crippen LogP contribution is -2.56. The Labute approximate surface area is 82.3 Å². The first-order chi connectivity index (χ1) is 5.58. The van der Waals surface area contributed by atoms with Crippen LogP contribution < -0.4 is 11.5 Å². The van der Waals surface area contributed by atoms with Crippen LogP contribution in [-0.2, 0) is 4.74 Å². The molecule has 0 bridgehead atoms. The Kier molecular flexibility index (Phi) is 3.23. The summed E-state index contributed by atoms with van der Waals surface area (Å²) in [7, 11) is 0. The highest BCUT2D eigenvalue weighted by Gasteiger charge is 2.49. The molecule has 3 nitrogen and oxygen atoms in total. The van der Waals surface area contributed by atoms with Crippen LogP contribution in [0, 0.1) is 5.41 Å². The summed E-state index contributed by atoms with van der Waals surface area (Å²) in [6, 6.07) is 0. The van der Waals surface area contributed by atoms with Crippen molar-refractivity contribution in [2.45, 2.75) is 10.8 Å². The molecule has 0 amide bonds. The van der Waals surface area contributed by atoms with Gasteiger partial charge in [0.05, 0.1) is 6.61 Å². The van der Waals surface area contributed by atoms with Crippen molar-refractivity contribution in [1.82, 2.24) is 0 Å². The maximum atomic E-state index is 6.08. The van der Waals surface area contributed by atoms with Crippen LogP contribution in [0.4, 0.5) is 0 Å². The van der Waals surface area contributed by atoms with E-state index >= 15 is 0 Å². The van der Waals surface area contributed by atoms with Crippen LogP contribution in [0.15, 0.2) is 0 Å². The minimum Gasteiger partial charge on any atom is -0.378 e. The molecule has 0 unspecified atom stereocenters. The van der Waals surface area contributed by atoms with Gasteiger partial charge in [-0.25, -0.2) is 0 Å². The van der Waals surface area contributed by atoms with Gasteiger partial charge in [-0.3, -0.25) is 0 Å². The Morgan fingerprint density at radius 1 is 1.25 bits per heavy atom. The average molecular weight is 213 g/mol. The first-order valence-corrected chi connectivity index (χ1v) is 4.69. The highest BCUT2D eigenvalue weighted by Crippen LogP contribution is 2.45. The number of alkyl halides is 2. The lowest BCUT2D eigenvalue weighted by Gasteiger charge is -2.44. The minimum absolute atomic E-state index is 0.310. The van der Waals surface area contributed by atoms with E-state index in [9.17, 15) is 0 Å². The molecule has 0 spiro atoms. The van der Waals surface area contributed by atoms with E-state index in [0.29, 0.717) is 26.3 Å². The molecule has 5 heteroatoms. The van der Waals surface area contributed by atoms with Gasteiger partial charge in [0.15, 0.2) is 0 Å². The normalized spacial score (nSPS) is 27.0. The van der Waals surface area contributed by atoms with E-state index in [1.807, 2.05) is 0 Å². The summed E-state index contributed by atoms with van der Waals surface area (Å²) in [6.45, 7) is 1.75. The van der Waals surface area contributed by atoms with Gasteiger partial charge in [0, 0.05) is 25.1 Å². The largest absolute Gasteiger partial charge is 0.378 e. The number of nitrogens with two attached hydrogens (primary N) is 2. The fourth-order valence-corrected chi connectivity index (χ4v) is 2.04. The van der Waals surface area contributed by atoms with Crippen molar-refractivity contribution in [3.8, 4) is 0 Å². The van der Waals surface area contributed by atoms with Gasteiger partial charge in [-0.2, -0.15) is 0 Å². The van der Waals surface area contributed by atoms with Crippen LogP contribution in [0.5, 0.6) is 0 Å². The Morgan fingerprint density at radius 2 is 1.83 bits per heavy atom. The van der Waals surface area contributed by atoms with Gasteiger partial charge in [-0.1, -0.05) is 23.2 Å². The Balaban J connectivity index is 2.81. The Bertz CT molecular complexity index is 159. The highest BCUT2D eigenvalue weighted by atomic mass is 35.5. The van der Waals surface area contributed by atoms with Crippen LogP contribution in [-0.4, -0.2) is 30.6 Å². The first kappa shape index (κ1) is 10.5. The summed E-state index contributed by atoms with van der Waals surface area (Å²) >= 11 is 12.2. The third-order valence-electron chi connectivity index (χ3n) is 2.57. The monoisotopic (exact) mass is 212 g/mol. The van der Waals surface area contributed by atoms with Crippen LogP contribution in [0.25, 0.3) is 0 Å². The van der Waals surface area contributed by atoms with E-state index in [4.69, 9.17) is 39.4 Å². The summed E-state index contributed by atoms with van der Waals surface area (Å²) < 4.78 is 4.23. The molecule has 0 aliphatic carbocycles. The van der Waals surface area contributed by atoms with Crippen molar-refractivity contribution in [3.63, 3.8) is 0 Å². The fraction of sp³-hybridized carbons (Fsp3) is 1.00. The van der Waals surface area contributed by atoms with Gasteiger partial charge in [-0.15, -0.1) is 0 Å². The number of ether oxygens (including phenoxy) is 1. The lowest BCUT2D eigenvalue weighted by atomic mass is 9.79. The van der Waals surface area contributed by atoms with Crippen molar-refractivity contribution >= 4 is 23.2 Å². The quantitative estimate of drug-likeness (QED) is 0.656. The molecule has 4 N–H and O–H groups in total. The van der Waals surface area contributed by atoms with Crippen LogP contribution in [0.1, 0.15) is 6.42 Å². The number of hydrogen-bond acceptors (Lipinski definition) is 3. The van der Waals surface area contributed by atoms with Crippen molar-refractivity contribution in [2.75, 3.05) is 26.3 Å². The van der Waals surface area contributed by atoms with Gasteiger partial charge in [-0.05, 0) is 6.42 Å². The third kappa shape index (κ3) is 1.56. The Hall–Kier alpha value is 0.460. The van der Waals surface area contributed by atoms with E-state index in [0.717, 1.165) is 6.42 Å². The smallest absolute Gasteiger partial charge is 0.149 e.